The third kappa shape index (κ3) is 2.94. The molecule has 0 bridgehead atoms. The quantitative estimate of drug-likeness (QED) is 0.852. The van der Waals surface area contributed by atoms with Crippen molar-refractivity contribution in [2.24, 2.45) is 0 Å². The lowest BCUT2D eigenvalue weighted by molar-refractivity contribution is 0.557. The number of anilines is 2. The SMILES string of the molecule is Nc1ccc(NS(=O)(=O)c2ncccc2F)c(Cl)c1. The zero-order chi connectivity index (χ0) is 14.0. The number of nitrogens with one attached hydrogen (secondary N) is 1. The van der Waals surface area contributed by atoms with Crippen LogP contribution in [0, 0.1) is 5.82 Å². The minimum atomic E-state index is -4.14. The van der Waals surface area contributed by atoms with E-state index < -0.39 is 20.9 Å². The van der Waals surface area contributed by atoms with Gasteiger partial charge in [0.1, 0.15) is 0 Å². The summed E-state index contributed by atoms with van der Waals surface area (Å²) in [6.07, 6.45) is 1.18. The Balaban J connectivity index is 2.40. The number of sulfonamides is 1. The fourth-order valence-corrected chi connectivity index (χ4v) is 2.76. The molecule has 1 heterocycles. The normalized spacial score (nSPS) is 11.3. The van der Waals surface area contributed by atoms with Gasteiger partial charge < -0.3 is 5.73 Å². The highest BCUT2D eigenvalue weighted by Gasteiger charge is 2.21. The standard InChI is InChI=1S/C11H9ClFN3O2S/c12-8-6-7(14)3-4-10(8)16-19(17,18)11-9(13)2-1-5-15-11/h1-6,16H,14H2. The summed E-state index contributed by atoms with van der Waals surface area (Å²) in [5.74, 6) is -0.943. The fourth-order valence-electron chi connectivity index (χ4n) is 1.38. The van der Waals surface area contributed by atoms with Crippen molar-refractivity contribution in [3.8, 4) is 0 Å². The van der Waals surface area contributed by atoms with Gasteiger partial charge in [-0.25, -0.2) is 9.37 Å². The maximum atomic E-state index is 13.4. The predicted molar refractivity (Wildman–Crippen MR) is 70.9 cm³/mol. The molecule has 0 saturated heterocycles. The van der Waals surface area contributed by atoms with E-state index >= 15 is 0 Å². The molecule has 0 atom stereocenters. The van der Waals surface area contributed by atoms with Crippen LogP contribution in [0.15, 0.2) is 41.6 Å². The molecule has 0 amide bonds. The van der Waals surface area contributed by atoms with E-state index in [1.807, 2.05) is 0 Å². The Kier molecular flexibility index (Phi) is 3.59. The largest absolute Gasteiger partial charge is 0.399 e. The van der Waals surface area contributed by atoms with Crippen molar-refractivity contribution in [1.82, 2.24) is 4.98 Å². The topological polar surface area (TPSA) is 85.1 Å². The second-order valence-corrected chi connectivity index (χ2v) is 5.64. The number of benzene rings is 1. The summed E-state index contributed by atoms with van der Waals surface area (Å²) < 4.78 is 39.5. The second kappa shape index (κ2) is 5.02. The lowest BCUT2D eigenvalue weighted by Gasteiger charge is -2.09. The highest BCUT2D eigenvalue weighted by atomic mass is 35.5. The third-order valence-electron chi connectivity index (χ3n) is 2.22. The highest BCUT2D eigenvalue weighted by Crippen LogP contribution is 2.26. The number of nitrogens with two attached hydrogens (primary N) is 1. The molecule has 1 aromatic heterocycles. The fraction of sp³-hybridized carbons (Fsp3) is 0. The van der Waals surface area contributed by atoms with Crippen LogP contribution in [0.3, 0.4) is 0 Å². The summed E-state index contributed by atoms with van der Waals surface area (Å²) >= 11 is 5.84. The Morgan fingerprint density at radius 2 is 2.05 bits per heavy atom. The molecular formula is C11H9ClFN3O2S. The first-order valence-electron chi connectivity index (χ1n) is 5.08. The molecule has 100 valence electrons. The van der Waals surface area contributed by atoms with Crippen LogP contribution in [0.5, 0.6) is 0 Å². The van der Waals surface area contributed by atoms with Crippen LogP contribution in [-0.2, 0) is 10.0 Å². The van der Waals surface area contributed by atoms with Gasteiger partial charge in [-0.15, -0.1) is 0 Å². The molecule has 0 saturated carbocycles. The average Bonchev–Trinajstić information content (AvgIpc) is 2.33. The zero-order valence-corrected chi connectivity index (χ0v) is 11.0. The number of rotatable bonds is 3. The van der Waals surface area contributed by atoms with Crippen LogP contribution in [0.2, 0.25) is 5.02 Å². The highest BCUT2D eigenvalue weighted by molar-refractivity contribution is 7.92. The van der Waals surface area contributed by atoms with Crippen molar-refractivity contribution in [2.75, 3.05) is 10.5 Å². The summed E-state index contributed by atoms with van der Waals surface area (Å²) in [5.41, 5.74) is 5.98. The molecule has 0 aliphatic heterocycles. The maximum Gasteiger partial charge on any atom is 0.282 e. The van der Waals surface area contributed by atoms with Gasteiger partial charge in [0.05, 0.1) is 10.7 Å². The van der Waals surface area contributed by atoms with E-state index in [0.717, 1.165) is 6.07 Å². The van der Waals surface area contributed by atoms with Crippen LogP contribution < -0.4 is 10.5 Å². The van der Waals surface area contributed by atoms with Crippen molar-refractivity contribution in [2.45, 2.75) is 5.03 Å². The van der Waals surface area contributed by atoms with Gasteiger partial charge in [-0.2, -0.15) is 8.42 Å². The van der Waals surface area contributed by atoms with Gasteiger partial charge in [0.15, 0.2) is 5.82 Å². The van der Waals surface area contributed by atoms with Crippen LogP contribution in [-0.4, -0.2) is 13.4 Å². The lowest BCUT2D eigenvalue weighted by Crippen LogP contribution is -2.16. The third-order valence-corrected chi connectivity index (χ3v) is 3.83. The summed E-state index contributed by atoms with van der Waals surface area (Å²) in [6, 6.07) is 6.54. The maximum absolute atomic E-state index is 13.4. The van der Waals surface area contributed by atoms with Gasteiger partial charge in [0.25, 0.3) is 10.0 Å². The molecule has 2 aromatic rings. The Labute approximate surface area is 114 Å². The van der Waals surface area contributed by atoms with Crippen LogP contribution in [0.4, 0.5) is 15.8 Å². The first-order chi connectivity index (χ1) is 8.90. The van der Waals surface area contributed by atoms with Gasteiger partial charge in [0, 0.05) is 11.9 Å². The smallest absolute Gasteiger partial charge is 0.282 e. The van der Waals surface area contributed by atoms with Crippen molar-refractivity contribution in [1.29, 1.82) is 0 Å². The van der Waals surface area contributed by atoms with Gasteiger partial charge in [0.2, 0.25) is 5.03 Å². The lowest BCUT2D eigenvalue weighted by atomic mass is 10.3. The molecule has 0 fully saturated rings. The number of pyridine rings is 1. The Morgan fingerprint density at radius 1 is 1.32 bits per heavy atom. The molecule has 0 radical (unpaired) electrons. The number of halogens is 2. The van der Waals surface area contributed by atoms with Crippen LogP contribution >= 0.6 is 11.6 Å². The molecule has 1 aromatic carbocycles. The number of nitrogens with zero attached hydrogens (tertiary/aromatic N) is 1. The number of hydrogen-bond donors (Lipinski definition) is 2. The van der Waals surface area contributed by atoms with E-state index in [2.05, 4.69) is 9.71 Å². The number of hydrogen-bond acceptors (Lipinski definition) is 4. The summed E-state index contributed by atoms with van der Waals surface area (Å²) in [7, 11) is -4.14. The van der Waals surface area contributed by atoms with Crippen LogP contribution in [0.25, 0.3) is 0 Å². The Bertz CT molecular complexity index is 722. The van der Waals surface area contributed by atoms with Gasteiger partial charge in [-0.1, -0.05) is 11.6 Å². The van der Waals surface area contributed by atoms with Gasteiger partial charge in [-0.05, 0) is 30.3 Å². The minimum Gasteiger partial charge on any atom is -0.399 e. The van der Waals surface area contributed by atoms with Crippen molar-refractivity contribution >= 4 is 33.0 Å². The first-order valence-corrected chi connectivity index (χ1v) is 6.94. The zero-order valence-electron chi connectivity index (χ0n) is 9.47. The molecule has 0 aliphatic rings. The molecule has 3 N–H and O–H groups in total. The van der Waals surface area contributed by atoms with Crippen molar-refractivity contribution in [3.05, 3.63) is 47.4 Å². The molecular weight excluding hydrogens is 293 g/mol. The van der Waals surface area contributed by atoms with E-state index in [0.29, 0.717) is 5.69 Å². The van der Waals surface area contributed by atoms with Gasteiger partial charge in [-0.3, -0.25) is 4.72 Å². The second-order valence-electron chi connectivity index (χ2n) is 3.64. The summed E-state index contributed by atoms with van der Waals surface area (Å²) in [4.78, 5) is 3.50. The molecule has 0 aliphatic carbocycles. The number of aromatic nitrogens is 1. The predicted octanol–water partition coefficient (Wildman–Crippen LogP) is 2.26. The number of nitrogen functional groups attached to an aromatic ring is 1. The summed E-state index contributed by atoms with van der Waals surface area (Å²) in [5, 5.41) is -0.581. The first kappa shape index (κ1) is 13.6. The average molecular weight is 302 g/mol. The minimum absolute atomic E-state index is 0.0981. The molecule has 5 nitrogen and oxygen atoms in total. The Morgan fingerprint density at radius 3 is 2.68 bits per heavy atom. The molecule has 2 rings (SSSR count). The summed E-state index contributed by atoms with van der Waals surface area (Å²) in [6.45, 7) is 0. The van der Waals surface area contributed by atoms with Gasteiger partial charge >= 0.3 is 0 Å². The van der Waals surface area contributed by atoms with E-state index in [-0.39, 0.29) is 10.7 Å². The van der Waals surface area contributed by atoms with Crippen molar-refractivity contribution in [3.63, 3.8) is 0 Å². The molecule has 0 unspecified atom stereocenters. The molecule has 19 heavy (non-hydrogen) atoms. The molecule has 8 heteroatoms. The van der Waals surface area contributed by atoms with E-state index in [1.54, 1.807) is 0 Å². The van der Waals surface area contributed by atoms with E-state index in [1.165, 1.54) is 30.5 Å². The van der Waals surface area contributed by atoms with E-state index in [9.17, 15) is 12.8 Å². The molecule has 0 spiro atoms. The van der Waals surface area contributed by atoms with Crippen molar-refractivity contribution < 1.29 is 12.8 Å². The van der Waals surface area contributed by atoms with E-state index in [4.69, 9.17) is 17.3 Å². The monoisotopic (exact) mass is 301 g/mol. The van der Waals surface area contributed by atoms with Crippen LogP contribution in [0.1, 0.15) is 0 Å². The Hall–Kier alpha value is -1.86.